The molecule has 8 heteroatoms. The van der Waals surface area contributed by atoms with Crippen molar-refractivity contribution in [3.63, 3.8) is 0 Å². The molecule has 0 saturated carbocycles. The zero-order valence-corrected chi connectivity index (χ0v) is 11.6. The van der Waals surface area contributed by atoms with Crippen LogP contribution in [0.5, 0.6) is 0 Å². The molecule has 1 unspecified atom stereocenters. The molecule has 3 N–H and O–H groups in total. The Labute approximate surface area is 117 Å². The monoisotopic (exact) mass is 302 g/mol. The summed E-state index contributed by atoms with van der Waals surface area (Å²) in [4.78, 5) is 22.2. The number of halogens is 1. The van der Waals surface area contributed by atoms with Crippen molar-refractivity contribution in [3.05, 3.63) is 29.6 Å². The van der Waals surface area contributed by atoms with Gasteiger partial charge in [0.1, 0.15) is 5.82 Å². The van der Waals surface area contributed by atoms with Crippen LogP contribution in [0.3, 0.4) is 0 Å². The maximum Gasteiger partial charge on any atom is 0.338 e. The predicted molar refractivity (Wildman–Crippen MR) is 73.9 cm³/mol. The fourth-order valence-electron chi connectivity index (χ4n) is 1.36. The summed E-state index contributed by atoms with van der Waals surface area (Å²) >= 11 is 0. The molecule has 0 aliphatic heterocycles. The van der Waals surface area contributed by atoms with Crippen molar-refractivity contribution in [1.29, 1.82) is 0 Å². The maximum absolute atomic E-state index is 13.1. The third-order valence-electron chi connectivity index (χ3n) is 2.39. The molecule has 1 atom stereocenters. The molecule has 0 fully saturated rings. The van der Waals surface area contributed by atoms with Gasteiger partial charge < -0.3 is 15.7 Å². The molecule has 20 heavy (non-hydrogen) atoms. The van der Waals surface area contributed by atoms with Gasteiger partial charge in [0.25, 0.3) is 0 Å². The molecule has 1 aromatic rings. The first kappa shape index (κ1) is 16.1. The van der Waals surface area contributed by atoms with Gasteiger partial charge in [-0.05, 0) is 18.2 Å². The summed E-state index contributed by atoms with van der Waals surface area (Å²) < 4.78 is 24.3. The largest absolute Gasteiger partial charge is 0.478 e. The average molecular weight is 302 g/mol. The Bertz CT molecular complexity index is 536. The van der Waals surface area contributed by atoms with E-state index in [1.165, 1.54) is 6.07 Å². The van der Waals surface area contributed by atoms with Crippen molar-refractivity contribution in [3.8, 4) is 0 Å². The molecule has 2 amide bonds. The maximum atomic E-state index is 13.1. The van der Waals surface area contributed by atoms with Crippen LogP contribution in [0.25, 0.3) is 0 Å². The normalized spacial score (nSPS) is 11.7. The van der Waals surface area contributed by atoms with E-state index < -0.39 is 34.2 Å². The summed E-state index contributed by atoms with van der Waals surface area (Å²) in [6.07, 6.45) is 0. The van der Waals surface area contributed by atoms with Gasteiger partial charge in [0.15, 0.2) is 0 Å². The van der Waals surface area contributed by atoms with E-state index >= 15 is 0 Å². The van der Waals surface area contributed by atoms with Crippen molar-refractivity contribution in [2.24, 2.45) is 0 Å². The number of hydrogen-bond acceptors (Lipinski definition) is 3. The lowest BCUT2D eigenvalue weighted by Crippen LogP contribution is -2.32. The van der Waals surface area contributed by atoms with Gasteiger partial charge in [0, 0.05) is 34.5 Å². The minimum Gasteiger partial charge on any atom is -0.478 e. The summed E-state index contributed by atoms with van der Waals surface area (Å²) in [5.74, 6) is -1.43. The highest BCUT2D eigenvalue weighted by Crippen LogP contribution is 2.14. The second kappa shape index (κ2) is 7.59. The van der Waals surface area contributed by atoms with Crippen LogP contribution in [-0.4, -0.2) is 39.4 Å². The van der Waals surface area contributed by atoms with E-state index in [9.17, 15) is 18.2 Å². The molecule has 6 nitrogen and oxygen atoms in total. The number of amides is 2. The molecule has 0 saturated heterocycles. The van der Waals surface area contributed by atoms with Crippen LogP contribution in [0.2, 0.25) is 0 Å². The van der Waals surface area contributed by atoms with Crippen molar-refractivity contribution >= 4 is 28.5 Å². The number of nitrogens with one attached hydrogen (secondary N) is 2. The van der Waals surface area contributed by atoms with Gasteiger partial charge in [-0.15, -0.1) is 0 Å². The highest BCUT2D eigenvalue weighted by molar-refractivity contribution is 7.84. The Balaban J connectivity index is 2.56. The van der Waals surface area contributed by atoms with Crippen molar-refractivity contribution in [1.82, 2.24) is 5.32 Å². The van der Waals surface area contributed by atoms with Gasteiger partial charge in [-0.25, -0.2) is 14.0 Å². The molecule has 1 rings (SSSR count). The van der Waals surface area contributed by atoms with Crippen LogP contribution in [0.4, 0.5) is 14.9 Å². The number of rotatable bonds is 6. The predicted octanol–water partition coefficient (Wildman–Crippen LogP) is 1.41. The molecule has 0 radical (unpaired) electrons. The van der Waals surface area contributed by atoms with Gasteiger partial charge in [-0.2, -0.15) is 0 Å². The Morgan fingerprint density at radius 2 is 2.10 bits per heavy atom. The SMILES string of the molecule is CCS(=O)CCNC(=O)Nc1ccc(F)c(C(=O)O)c1. The number of aromatic carboxylic acids is 1. The van der Waals surface area contributed by atoms with E-state index in [0.29, 0.717) is 11.5 Å². The fourth-order valence-corrected chi connectivity index (χ4v) is 1.98. The number of benzene rings is 1. The number of hydrogen-bond donors (Lipinski definition) is 3. The van der Waals surface area contributed by atoms with E-state index in [0.717, 1.165) is 12.1 Å². The van der Waals surface area contributed by atoms with Gasteiger partial charge in [-0.3, -0.25) is 4.21 Å². The molecular weight excluding hydrogens is 287 g/mol. The highest BCUT2D eigenvalue weighted by atomic mass is 32.2. The van der Waals surface area contributed by atoms with E-state index in [2.05, 4.69) is 10.6 Å². The lowest BCUT2D eigenvalue weighted by molar-refractivity contribution is 0.0692. The van der Waals surface area contributed by atoms with Gasteiger partial charge in [0.2, 0.25) is 0 Å². The second-order valence-electron chi connectivity index (χ2n) is 3.81. The first-order chi connectivity index (χ1) is 9.43. The van der Waals surface area contributed by atoms with Gasteiger partial charge >= 0.3 is 12.0 Å². The Morgan fingerprint density at radius 3 is 2.70 bits per heavy atom. The van der Waals surface area contributed by atoms with Gasteiger partial charge in [-0.1, -0.05) is 6.92 Å². The van der Waals surface area contributed by atoms with Crippen LogP contribution in [0, 0.1) is 5.82 Å². The summed E-state index contributed by atoms with van der Waals surface area (Å²) in [5.41, 5.74) is -0.354. The smallest absolute Gasteiger partial charge is 0.338 e. The second-order valence-corrected chi connectivity index (χ2v) is 5.68. The van der Waals surface area contributed by atoms with Gasteiger partial charge in [0.05, 0.1) is 5.56 Å². The Hall–Kier alpha value is -1.96. The number of urea groups is 1. The van der Waals surface area contributed by atoms with Crippen molar-refractivity contribution < 1.29 is 23.3 Å². The molecular formula is C12H15FN2O4S. The molecule has 1 aromatic carbocycles. The fraction of sp³-hybridized carbons (Fsp3) is 0.333. The van der Waals surface area contributed by atoms with Crippen molar-refractivity contribution in [2.45, 2.75) is 6.92 Å². The quantitative estimate of drug-likeness (QED) is 0.740. The van der Waals surface area contributed by atoms with Crippen LogP contribution in [0.1, 0.15) is 17.3 Å². The number of carbonyl (C=O) groups excluding carboxylic acids is 1. The van der Waals surface area contributed by atoms with Crippen LogP contribution < -0.4 is 10.6 Å². The van der Waals surface area contributed by atoms with Crippen LogP contribution >= 0.6 is 0 Å². The third kappa shape index (κ3) is 4.96. The molecule has 0 aliphatic rings. The van der Waals surface area contributed by atoms with E-state index in [1.54, 1.807) is 6.92 Å². The first-order valence-electron chi connectivity index (χ1n) is 5.86. The molecule has 0 aromatic heterocycles. The van der Waals surface area contributed by atoms with E-state index in [1.807, 2.05) is 0 Å². The average Bonchev–Trinajstić information content (AvgIpc) is 2.40. The molecule has 0 spiro atoms. The molecule has 0 bridgehead atoms. The molecule has 0 aliphatic carbocycles. The molecule has 0 heterocycles. The minimum atomic E-state index is -1.41. The zero-order valence-electron chi connectivity index (χ0n) is 10.8. The third-order valence-corrected chi connectivity index (χ3v) is 3.70. The lowest BCUT2D eigenvalue weighted by atomic mass is 10.2. The summed E-state index contributed by atoms with van der Waals surface area (Å²) in [7, 11) is -0.973. The lowest BCUT2D eigenvalue weighted by Gasteiger charge is -2.08. The Kier molecular flexibility index (Phi) is 6.10. The van der Waals surface area contributed by atoms with Crippen LogP contribution in [-0.2, 0) is 10.8 Å². The Morgan fingerprint density at radius 1 is 1.40 bits per heavy atom. The van der Waals surface area contributed by atoms with Crippen molar-refractivity contribution in [2.75, 3.05) is 23.4 Å². The summed E-state index contributed by atoms with van der Waals surface area (Å²) in [5, 5.41) is 13.6. The first-order valence-corrected chi connectivity index (χ1v) is 7.35. The van der Waals surface area contributed by atoms with E-state index in [-0.39, 0.29) is 12.2 Å². The minimum absolute atomic E-state index is 0.165. The summed E-state index contributed by atoms with van der Waals surface area (Å²) in [6, 6.07) is 2.68. The standard InChI is InChI=1S/C12H15FN2O4S/c1-2-20(19)6-5-14-12(18)15-8-3-4-10(13)9(7-8)11(16)17/h3-4,7H,2,5-6H2,1H3,(H,16,17)(H2,14,15,18). The highest BCUT2D eigenvalue weighted by Gasteiger charge is 2.11. The number of carbonyl (C=O) groups is 2. The van der Waals surface area contributed by atoms with Crippen LogP contribution in [0.15, 0.2) is 18.2 Å². The zero-order chi connectivity index (χ0) is 15.1. The topological polar surface area (TPSA) is 95.5 Å². The molecule has 110 valence electrons. The number of carboxylic acid groups (broad SMARTS) is 1. The summed E-state index contributed by atoms with van der Waals surface area (Å²) in [6.45, 7) is 2.02. The van der Waals surface area contributed by atoms with E-state index in [4.69, 9.17) is 5.11 Å². The number of anilines is 1. The number of carboxylic acids is 1.